The fourth-order valence-electron chi connectivity index (χ4n) is 3.14. The summed E-state index contributed by atoms with van der Waals surface area (Å²) in [6.07, 6.45) is 9.56. The molecule has 0 N–H and O–H groups in total. The van der Waals surface area contributed by atoms with Crippen molar-refractivity contribution in [1.82, 2.24) is 4.90 Å². The number of hydrogen-bond donors (Lipinski definition) is 0. The Kier molecular flexibility index (Phi) is 1.61. The van der Waals surface area contributed by atoms with E-state index >= 15 is 0 Å². The summed E-state index contributed by atoms with van der Waals surface area (Å²) < 4.78 is 0. The van der Waals surface area contributed by atoms with E-state index in [1.54, 1.807) is 0 Å². The highest BCUT2D eigenvalue weighted by atomic mass is 15.2. The van der Waals surface area contributed by atoms with Crippen LogP contribution in [0.3, 0.4) is 0 Å². The van der Waals surface area contributed by atoms with Gasteiger partial charge in [0.25, 0.3) is 0 Å². The van der Waals surface area contributed by atoms with Crippen molar-refractivity contribution in [3.8, 4) is 12.5 Å². The monoisotopic (exact) mass is 163 g/mol. The first-order valence-corrected chi connectivity index (χ1v) is 4.95. The molecule has 2 rings (SSSR count). The minimum Gasteiger partial charge on any atom is -0.326 e. The molecule has 1 saturated carbocycles. The predicted octanol–water partition coefficient (Wildman–Crippen LogP) is 2.09. The fourth-order valence-corrected chi connectivity index (χ4v) is 3.14. The van der Waals surface area contributed by atoms with Crippen molar-refractivity contribution >= 4 is 0 Å². The molecular weight excluding hydrogens is 146 g/mol. The first-order valence-electron chi connectivity index (χ1n) is 4.95. The summed E-state index contributed by atoms with van der Waals surface area (Å²) in [6, 6.07) is 2.85. The number of terminal acetylenes is 1. The van der Waals surface area contributed by atoms with E-state index in [-0.39, 0.29) is 0 Å². The van der Waals surface area contributed by atoms with Crippen molar-refractivity contribution in [1.29, 1.82) is 0 Å². The number of rotatable bonds is 1. The average Bonchev–Trinajstić information content (AvgIpc) is 2.23. The zero-order valence-electron chi connectivity index (χ0n) is 8.01. The van der Waals surface area contributed by atoms with Gasteiger partial charge >= 0.3 is 0 Å². The van der Waals surface area contributed by atoms with Gasteiger partial charge in [-0.1, -0.05) is 20.3 Å². The Hall–Kier alpha value is -0.640. The van der Waals surface area contributed by atoms with Crippen LogP contribution in [0.4, 0.5) is 0 Å². The largest absolute Gasteiger partial charge is 0.326 e. The summed E-state index contributed by atoms with van der Waals surface area (Å²) in [4.78, 5) is 2.26. The maximum atomic E-state index is 5.52. The molecule has 2 aliphatic rings. The van der Waals surface area contributed by atoms with Crippen LogP contribution in [0.1, 0.15) is 33.1 Å². The Morgan fingerprint density at radius 1 is 1.50 bits per heavy atom. The summed E-state index contributed by atoms with van der Waals surface area (Å²) in [5, 5.41) is 0. The number of hydrogen-bond acceptors (Lipinski definition) is 1. The molecule has 1 aliphatic carbocycles. The highest BCUT2D eigenvalue weighted by Gasteiger charge is 2.55. The van der Waals surface area contributed by atoms with Crippen molar-refractivity contribution in [3.05, 3.63) is 0 Å². The Bertz CT molecular complexity index is 226. The lowest BCUT2D eigenvalue weighted by atomic mass is 9.62. The van der Waals surface area contributed by atoms with Gasteiger partial charge in [-0.3, -0.25) is 0 Å². The van der Waals surface area contributed by atoms with E-state index in [4.69, 9.17) is 6.42 Å². The van der Waals surface area contributed by atoms with Gasteiger partial charge in [0.15, 0.2) is 0 Å². The molecule has 0 bridgehead atoms. The molecule has 1 saturated heterocycles. The maximum absolute atomic E-state index is 5.52. The second-order valence-corrected chi connectivity index (χ2v) is 4.45. The molecule has 66 valence electrons. The first-order chi connectivity index (χ1) is 5.71. The standard InChI is InChI=1S/C11H17N/c1-4-12-8-6-10-5-7-11(10,12)9(2)3/h1,9-10H,5-8H2,2-3H3. The Balaban J connectivity index is 2.26. The minimum absolute atomic E-state index is 0.398. The van der Waals surface area contributed by atoms with Gasteiger partial charge in [0.05, 0.1) is 5.54 Å². The van der Waals surface area contributed by atoms with Crippen molar-refractivity contribution in [3.63, 3.8) is 0 Å². The Labute approximate surface area is 75.1 Å². The van der Waals surface area contributed by atoms with Crippen LogP contribution in [0.15, 0.2) is 0 Å². The molecule has 1 aliphatic heterocycles. The summed E-state index contributed by atoms with van der Waals surface area (Å²) >= 11 is 0. The summed E-state index contributed by atoms with van der Waals surface area (Å²) in [7, 11) is 0. The molecule has 0 spiro atoms. The molecule has 0 aromatic heterocycles. The number of likely N-dealkylation sites (tertiary alicyclic amines) is 1. The van der Waals surface area contributed by atoms with Crippen molar-refractivity contribution in [2.45, 2.75) is 38.6 Å². The van der Waals surface area contributed by atoms with Crippen molar-refractivity contribution in [2.24, 2.45) is 11.8 Å². The third-order valence-corrected chi connectivity index (χ3v) is 3.96. The van der Waals surface area contributed by atoms with E-state index in [9.17, 15) is 0 Å². The lowest BCUT2D eigenvalue weighted by Crippen LogP contribution is -2.56. The van der Waals surface area contributed by atoms with Gasteiger partial charge in [0.2, 0.25) is 0 Å². The molecule has 0 aromatic rings. The van der Waals surface area contributed by atoms with Crippen LogP contribution in [0, 0.1) is 24.3 Å². The summed E-state index contributed by atoms with van der Waals surface area (Å²) in [5.41, 5.74) is 0.398. The van der Waals surface area contributed by atoms with E-state index in [2.05, 4.69) is 24.8 Å². The molecule has 0 aromatic carbocycles. The van der Waals surface area contributed by atoms with Crippen LogP contribution < -0.4 is 0 Å². The zero-order chi connectivity index (χ0) is 8.77. The summed E-state index contributed by atoms with van der Waals surface area (Å²) in [6.45, 7) is 5.74. The normalized spacial score (nSPS) is 39.2. The molecule has 2 fully saturated rings. The Morgan fingerprint density at radius 3 is 2.58 bits per heavy atom. The van der Waals surface area contributed by atoms with Crippen LogP contribution in [0.2, 0.25) is 0 Å². The Morgan fingerprint density at radius 2 is 2.25 bits per heavy atom. The molecule has 2 unspecified atom stereocenters. The van der Waals surface area contributed by atoms with Gasteiger partial charge in [0.1, 0.15) is 0 Å². The van der Waals surface area contributed by atoms with Crippen LogP contribution in [0.5, 0.6) is 0 Å². The number of fused-ring (bicyclic) bond motifs is 1. The van der Waals surface area contributed by atoms with Gasteiger partial charge < -0.3 is 4.90 Å². The first kappa shape index (κ1) is 7.98. The molecule has 0 radical (unpaired) electrons. The van der Waals surface area contributed by atoms with Gasteiger partial charge in [0, 0.05) is 12.6 Å². The van der Waals surface area contributed by atoms with Crippen LogP contribution >= 0.6 is 0 Å². The SMILES string of the molecule is C#CN1CCC2CCC21C(C)C. The lowest BCUT2D eigenvalue weighted by Gasteiger charge is -2.52. The molecule has 12 heavy (non-hydrogen) atoms. The quantitative estimate of drug-likeness (QED) is 0.535. The van der Waals surface area contributed by atoms with Crippen molar-refractivity contribution < 1.29 is 0 Å². The lowest BCUT2D eigenvalue weighted by molar-refractivity contribution is 0.0113. The average molecular weight is 163 g/mol. The van der Waals surface area contributed by atoms with Crippen LogP contribution in [0.25, 0.3) is 0 Å². The maximum Gasteiger partial charge on any atom is 0.0532 e. The molecule has 0 amide bonds. The second-order valence-electron chi connectivity index (χ2n) is 4.45. The third-order valence-electron chi connectivity index (χ3n) is 3.96. The zero-order valence-corrected chi connectivity index (χ0v) is 8.01. The molecule has 1 nitrogen and oxygen atoms in total. The highest BCUT2D eigenvalue weighted by Crippen LogP contribution is 2.53. The number of nitrogens with zero attached hydrogens (tertiary/aromatic N) is 1. The van der Waals surface area contributed by atoms with E-state index in [0.717, 1.165) is 18.4 Å². The van der Waals surface area contributed by atoms with Gasteiger partial charge in [-0.05, 0) is 31.1 Å². The highest BCUT2D eigenvalue weighted by molar-refractivity contribution is 5.15. The smallest absolute Gasteiger partial charge is 0.0532 e. The van der Waals surface area contributed by atoms with Gasteiger partial charge in [-0.2, -0.15) is 0 Å². The van der Waals surface area contributed by atoms with E-state index < -0.39 is 0 Å². The van der Waals surface area contributed by atoms with E-state index in [1.807, 2.05) is 0 Å². The van der Waals surface area contributed by atoms with Crippen LogP contribution in [-0.2, 0) is 0 Å². The molecule has 1 heterocycles. The summed E-state index contributed by atoms with van der Waals surface area (Å²) in [5.74, 6) is 1.61. The molecular formula is C11H17N. The van der Waals surface area contributed by atoms with Gasteiger partial charge in [-0.25, -0.2) is 0 Å². The van der Waals surface area contributed by atoms with Crippen LogP contribution in [-0.4, -0.2) is 17.0 Å². The molecule has 1 heteroatoms. The molecule has 2 atom stereocenters. The third kappa shape index (κ3) is 0.710. The topological polar surface area (TPSA) is 3.24 Å². The minimum atomic E-state index is 0.398. The van der Waals surface area contributed by atoms with E-state index in [0.29, 0.717) is 5.54 Å². The van der Waals surface area contributed by atoms with E-state index in [1.165, 1.54) is 19.3 Å². The van der Waals surface area contributed by atoms with Crippen molar-refractivity contribution in [2.75, 3.05) is 6.54 Å². The predicted molar refractivity (Wildman–Crippen MR) is 50.4 cm³/mol. The fraction of sp³-hybridized carbons (Fsp3) is 0.818. The second kappa shape index (κ2) is 2.42. The van der Waals surface area contributed by atoms with Gasteiger partial charge in [-0.15, -0.1) is 0 Å².